The van der Waals surface area contributed by atoms with Gasteiger partial charge in [0.25, 0.3) is 0 Å². The Kier molecular flexibility index (Phi) is 7.67. The molecule has 2 aromatic carbocycles. The molecule has 1 N–H and O–H groups in total. The predicted molar refractivity (Wildman–Crippen MR) is 121 cm³/mol. The number of amides is 2. The van der Waals surface area contributed by atoms with Crippen molar-refractivity contribution in [2.24, 2.45) is 0 Å². The normalized spacial score (nSPS) is 15.4. The monoisotopic (exact) mass is 406 g/mol. The van der Waals surface area contributed by atoms with Crippen LogP contribution in [-0.2, 0) is 22.6 Å². The lowest BCUT2D eigenvalue weighted by atomic mass is 9.95. The fraction of sp³-hybridized carbons (Fsp3) is 0.462. The van der Waals surface area contributed by atoms with Crippen LogP contribution in [0.2, 0.25) is 0 Å². The van der Waals surface area contributed by atoms with Crippen LogP contribution in [0, 0.1) is 13.8 Å². The van der Waals surface area contributed by atoms with Gasteiger partial charge >= 0.3 is 0 Å². The number of carbonyl (C=O) groups is 2. The number of rotatable bonds is 7. The van der Waals surface area contributed by atoms with Crippen molar-refractivity contribution in [2.75, 3.05) is 0 Å². The number of hydrogen-bond donors (Lipinski definition) is 1. The van der Waals surface area contributed by atoms with Gasteiger partial charge in [0.15, 0.2) is 0 Å². The lowest BCUT2D eigenvalue weighted by Crippen LogP contribution is -2.50. The second kappa shape index (κ2) is 10.4. The number of hydrogen-bond acceptors (Lipinski definition) is 2. The van der Waals surface area contributed by atoms with Crippen LogP contribution in [0.4, 0.5) is 0 Å². The maximum atomic E-state index is 13.3. The number of aryl methyl sites for hydroxylation is 2. The topological polar surface area (TPSA) is 49.4 Å². The van der Waals surface area contributed by atoms with E-state index in [2.05, 4.69) is 11.4 Å². The minimum absolute atomic E-state index is 0.0166. The average Bonchev–Trinajstić information content (AvgIpc) is 2.74. The van der Waals surface area contributed by atoms with Gasteiger partial charge in [0.1, 0.15) is 6.04 Å². The lowest BCUT2D eigenvalue weighted by molar-refractivity contribution is -0.140. The Morgan fingerprint density at radius 3 is 2.47 bits per heavy atom. The molecule has 0 unspecified atom stereocenters. The van der Waals surface area contributed by atoms with Crippen molar-refractivity contribution in [1.82, 2.24) is 10.2 Å². The van der Waals surface area contributed by atoms with Crippen molar-refractivity contribution in [2.45, 2.75) is 77.9 Å². The highest BCUT2D eigenvalue weighted by Crippen LogP contribution is 2.19. The van der Waals surface area contributed by atoms with Crippen LogP contribution < -0.4 is 5.32 Å². The van der Waals surface area contributed by atoms with E-state index in [0.29, 0.717) is 13.0 Å². The quantitative estimate of drug-likeness (QED) is 0.724. The summed E-state index contributed by atoms with van der Waals surface area (Å²) in [4.78, 5) is 28.1. The van der Waals surface area contributed by atoms with Gasteiger partial charge < -0.3 is 10.2 Å². The number of carbonyl (C=O) groups excluding carboxylic acids is 2. The molecule has 1 fully saturated rings. The summed E-state index contributed by atoms with van der Waals surface area (Å²) in [6.45, 7) is 6.35. The van der Waals surface area contributed by atoms with Crippen molar-refractivity contribution in [3.8, 4) is 0 Å². The largest absolute Gasteiger partial charge is 0.352 e. The van der Waals surface area contributed by atoms with E-state index in [1.165, 1.54) is 19.3 Å². The first-order valence-electron chi connectivity index (χ1n) is 11.1. The fourth-order valence-electron chi connectivity index (χ4n) is 4.23. The molecular formula is C26H34N2O2. The first-order valence-corrected chi connectivity index (χ1v) is 11.1. The molecule has 3 rings (SSSR count). The Balaban J connectivity index is 1.77. The van der Waals surface area contributed by atoms with E-state index >= 15 is 0 Å². The van der Waals surface area contributed by atoms with Crippen LogP contribution >= 0.6 is 0 Å². The third kappa shape index (κ3) is 5.94. The van der Waals surface area contributed by atoms with Gasteiger partial charge in [0.05, 0.1) is 6.42 Å². The van der Waals surface area contributed by atoms with Crippen LogP contribution in [0.3, 0.4) is 0 Å². The Morgan fingerprint density at radius 1 is 1.03 bits per heavy atom. The molecule has 30 heavy (non-hydrogen) atoms. The second-order valence-corrected chi connectivity index (χ2v) is 8.63. The maximum Gasteiger partial charge on any atom is 0.242 e. The Bertz CT molecular complexity index is 871. The van der Waals surface area contributed by atoms with Gasteiger partial charge in [-0.15, -0.1) is 0 Å². The third-order valence-electron chi connectivity index (χ3n) is 6.16. The lowest BCUT2D eigenvalue weighted by Gasteiger charge is -2.31. The molecule has 0 aromatic heterocycles. The molecule has 0 heterocycles. The summed E-state index contributed by atoms with van der Waals surface area (Å²) in [5, 5.41) is 3.19. The highest BCUT2D eigenvalue weighted by atomic mass is 16.2. The van der Waals surface area contributed by atoms with E-state index in [9.17, 15) is 9.59 Å². The molecule has 1 aliphatic rings. The van der Waals surface area contributed by atoms with Gasteiger partial charge in [-0.3, -0.25) is 9.59 Å². The average molecular weight is 407 g/mol. The van der Waals surface area contributed by atoms with Crippen LogP contribution in [0.15, 0.2) is 48.5 Å². The summed E-state index contributed by atoms with van der Waals surface area (Å²) in [5.74, 6) is -0.0650. The van der Waals surface area contributed by atoms with Gasteiger partial charge in [0.2, 0.25) is 11.8 Å². The van der Waals surface area contributed by atoms with Crippen LogP contribution in [0.1, 0.15) is 61.3 Å². The van der Waals surface area contributed by atoms with Gasteiger partial charge in [-0.25, -0.2) is 0 Å². The van der Waals surface area contributed by atoms with Crippen molar-refractivity contribution < 1.29 is 9.59 Å². The van der Waals surface area contributed by atoms with Crippen molar-refractivity contribution >= 4 is 11.8 Å². The number of nitrogens with zero attached hydrogens (tertiary/aromatic N) is 1. The maximum absolute atomic E-state index is 13.3. The number of benzene rings is 2. The smallest absolute Gasteiger partial charge is 0.242 e. The number of nitrogens with one attached hydrogen (secondary N) is 1. The van der Waals surface area contributed by atoms with E-state index in [0.717, 1.165) is 35.1 Å². The molecule has 0 radical (unpaired) electrons. The highest BCUT2D eigenvalue weighted by Gasteiger charge is 2.28. The Labute approximate surface area is 180 Å². The van der Waals surface area contributed by atoms with E-state index in [-0.39, 0.29) is 17.9 Å². The molecule has 0 bridgehead atoms. The van der Waals surface area contributed by atoms with E-state index in [1.54, 1.807) is 4.90 Å². The molecule has 1 saturated carbocycles. The summed E-state index contributed by atoms with van der Waals surface area (Å²) in [7, 11) is 0. The summed E-state index contributed by atoms with van der Waals surface area (Å²) in [6, 6.07) is 15.8. The molecule has 1 atom stereocenters. The zero-order valence-corrected chi connectivity index (χ0v) is 18.5. The Morgan fingerprint density at radius 2 is 1.77 bits per heavy atom. The van der Waals surface area contributed by atoms with Crippen molar-refractivity contribution in [3.63, 3.8) is 0 Å². The third-order valence-corrected chi connectivity index (χ3v) is 6.16. The van der Waals surface area contributed by atoms with Crippen molar-refractivity contribution in [1.29, 1.82) is 0 Å². The van der Waals surface area contributed by atoms with Crippen LogP contribution in [0.25, 0.3) is 0 Å². The molecule has 0 spiro atoms. The molecule has 4 heteroatoms. The first-order chi connectivity index (χ1) is 14.4. The zero-order valence-electron chi connectivity index (χ0n) is 18.5. The standard InChI is InChI=1S/C26H34N2O2/c1-19-10-9-12-22(16-19)18-28(25(29)17-23-13-8-7-11-20(23)2)21(3)26(30)27-24-14-5-4-6-15-24/h7-13,16,21,24H,4-6,14-15,17-18H2,1-3H3,(H,27,30)/t21-/m0/s1. The first kappa shape index (κ1) is 22.1. The summed E-state index contributed by atoms with van der Waals surface area (Å²) >= 11 is 0. The summed E-state index contributed by atoms with van der Waals surface area (Å²) in [6.07, 6.45) is 5.95. The van der Waals surface area contributed by atoms with E-state index in [1.807, 2.05) is 63.2 Å². The van der Waals surface area contributed by atoms with Gasteiger partial charge in [-0.1, -0.05) is 73.4 Å². The molecular weight excluding hydrogens is 372 g/mol. The minimum Gasteiger partial charge on any atom is -0.352 e. The van der Waals surface area contributed by atoms with Crippen LogP contribution in [0.5, 0.6) is 0 Å². The second-order valence-electron chi connectivity index (χ2n) is 8.63. The Hall–Kier alpha value is -2.62. The van der Waals surface area contributed by atoms with E-state index in [4.69, 9.17) is 0 Å². The molecule has 4 nitrogen and oxygen atoms in total. The fourth-order valence-corrected chi connectivity index (χ4v) is 4.23. The highest BCUT2D eigenvalue weighted by molar-refractivity contribution is 5.88. The predicted octanol–water partition coefficient (Wildman–Crippen LogP) is 4.71. The molecule has 2 amide bonds. The van der Waals surface area contributed by atoms with Gasteiger partial charge in [0, 0.05) is 12.6 Å². The van der Waals surface area contributed by atoms with E-state index < -0.39 is 6.04 Å². The summed E-state index contributed by atoms with van der Waals surface area (Å²) in [5.41, 5.74) is 4.31. The van der Waals surface area contributed by atoms with Crippen molar-refractivity contribution in [3.05, 3.63) is 70.8 Å². The van der Waals surface area contributed by atoms with Crippen LogP contribution in [-0.4, -0.2) is 28.8 Å². The molecule has 2 aromatic rings. The zero-order chi connectivity index (χ0) is 21.5. The molecule has 160 valence electrons. The van der Waals surface area contributed by atoms with Gasteiger partial charge in [-0.2, -0.15) is 0 Å². The summed E-state index contributed by atoms with van der Waals surface area (Å²) < 4.78 is 0. The molecule has 1 aliphatic carbocycles. The van der Waals surface area contributed by atoms with Gasteiger partial charge in [-0.05, 0) is 50.3 Å². The minimum atomic E-state index is -0.510. The SMILES string of the molecule is Cc1cccc(CN(C(=O)Cc2ccccc2C)[C@@H](C)C(=O)NC2CCCCC2)c1. The molecule has 0 aliphatic heterocycles. The molecule has 0 saturated heterocycles.